The first kappa shape index (κ1) is 23.6. The van der Waals surface area contributed by atoms with E-state index in [-0.39, 0.29) is 24.2 Å². The monoisotopic (exact) mass is 500 g/mol. The van der Waals surface area contributed by atoms with Gasteiger partial charge in [-0.05, 0) is 42.5 Å². The van der Waals surface area contributed by atoms with Gasteiger partial charge in [0.15, 0.2) is 11.5 Å². The highest BCUT2D eigenvalue weighted by Crippen LogP contribution is 2.37. The Kier molecular flexibility index (Phi) is 8.11. The second-order valence-electron chi connectivity index (χ2n) is 7.51. The number of nitrogens with one attached hydrogen (secondary N) is 2. The predicted molar refractivity (Wildman–Crippen MR) is 129 cm³/mol. The van der Waals surface area contributed by atoms with Crippen LogP contribution < -0.4 is 20.1 Å². The van der Waals surface area contributed by atoms with Gasteiger partial charge in [0.2, 0.25) is 5.91 Å². The molecule has 0 radical (unpaired) electrons. The van der Waals surface area contributed by atoms with Crippen LogP contribution in [0.25, 0.3) is 0 Å². The first-order chi connectivity index (χ1) is 15.4. The summed E-state index contributed by atoms with van der Waals surface area (Å²) >= 11 is 3.58. The number of hydrogen-bond donors (Lipinski definition) is 2. The Bertz CT molecular complexity index is 1070. The van der Waals surface area contributed by atoms with Crippen LogP contribution in [0.5, 0.6) is 11.5 Å². The number of carbonyl (C=O) groups excluding carboxylic acids is 1. The molecule has 0 fully saturated rings. The molecule has 5 nitrogen and oxygen atoms in total. The van der Waals surface area contributed by atoms with Crippen molar-refractivity contribution >= 4 is 33.2 Å². The Hall–Kier alpha value is -3.06. The molecule has 0 aliphatic carbocycles. The topological polar surface area (TPSA) is 59.6 Å². The van der Waals surface area contributed by atoms with Crippen molar-refractivity contribution in [2.45, 2.75) is 27.0 Å². The molecule has 0 aliphatic rings. The van der Waals surface area contributed by atoms with E-state index in [9.17, 15) is 9.18 Å². The quantitative estimate of drug-likeness (QED) is 0.357. The van der Waals surface area contributed by atoms with Gasteiger partial charge in [0.25, 0.3) is 0 Å². The Balaban J connectivity index is 1.74. The minimum atomic E-state index is -0.314. The summed E-state index contributed by atoms with van der Waals surface area (Å²) in [5.41, 5.74) is 2.93. The molecule has 0 heterocycles. The van der Waals surface area contributed by atoms with Crippen LogP contribution >= 0.6 is 15.9 Å². The molecular formula is C25H26BrFN2O3. The Morgan fingerprint density at radius 2 is 1.72 bits per heavy atom. The van der Waals surface area contributed by atoms with Crippen molar-refractivity contribution in [3.05, 3.63) is 82.1 Å². The number of benzene rings is 3. The number of rotatable bonds is 9. The van der Waals surface area contributed by atoms with Crippen molar-refractivity contribution in [1.29, 1.82) is 0 Å². The van der Waals surface area contributed by atoms with Gasteiger partial charge in [-0.15, -0.1) is 0 Å². The fourth-order valence-corrected chi connectivity index (χ4v) is 3.43. The van der Waals surface area contributed by atoms with Crippen molar-refractivity contribution in [1.82, 2.24) is 0 Å². The molecule has 2 N–H and O–H groups in total. The van der Waals surface area contributed by atoms with E-state index >= 15 is 0 Å². The lowest BCUT2D eigenvalue weighted by Crippen LogP contribution is -2.17. The molecule has 1 amide bonds. The fourth-order valence-electron chi connectivity index (χ4n) is 2.98. The third-order valence-corrected chi connectivity index (χ3v) is 5.61. The zero-order chi connectivity index (χ0) is 23.1. The lowest BCUT2D eigenvalue weighted by atomic mass is 10.1. The lowest BCUT2D eigenvalue weighted by molar-refractivity contribution is -0.118. The van der Waals surface area contributed by atoms with Crippen molar-refractivity contribution in [3.8, 4) is 11.5 Å². The fraction of sp³-hybridized carbons (Fsp3) is 0.240. The van der Waals surface area contributed by atoms with Crippen molar-refractivity contribution in [3.63, 3.8) is 0 Å². The van der Waals surface area contributed by atoms with Gasteiger partial charge in [-0.25, -0.2) is 4.39 Å². The summed E-state index contributed by atoms with van der Waals surface area (Å²) in [7, 11) is 1.57. The number of ether oxygens (including phenoxy) is 2. The maximum atomic E-state index is 14.0. The van der Waals surface area contributed by atoms with Gasteiger partial charge in [0.1, 0.15) is 12.4 Å². The van der Waals surface area contributed by atoms with E-state index in [4.69, 9.17) is 9.47 Å². The molecule has 3 aromatic carbocycles. The van der Waals surface area contributed by atoms with E-state index < -0.39 is 0 Å². The van der Waals surface area contributed by atoms with Crippen molar-refractivity contribution in [2.75, 3.05) is 17.7 Å². The predicted octanol–water partition coefficient (Wildman–Crippen LogP) is 6.38. The minimum Gasteiger partial charge on any atom is -0.493 e. The molecule has 3 rings (SSSR count). The average Bonchev–Trinajstić information content (AvgIpc) is 2.79. The third kappa shape index (κ3) is 6.01. The highest BCUT2D eigenvalue weighted by molar-refractivity contribution is 9.10. The van der Waals surface area contributed by atoms with Crippen LogP contribution in [-0.2, 0) is 17.9 Å². The van der Waals surface area contributed by atoms with Gasteiger partial charge < -0.3 is 20.1 Å². The number of anilines is 2. The summed E-state index contributed by atoms with van der Waals surface area (Å²) in [6, 6.07) is 17.7. The molecule has 32 heavy (non-hydrogen) atoms. The standard InChI is InChI=1S/C25H26BrFN2O3/c1-16(2)25(30)29-19-10-8-18(9-11-19)28-14-20-21(26)12-13-23(31-3)24(20)32-15-17-6-4-5-7-22(17)27/h4-13,16,28H,14-15H2,1-3H3,(H,29,30). The summed E-state index contributed by atoms with van der Waals surface area (Å²) in [5, 5.41) is 6.23. The summed E-state index contributed by atoms with van der Waals surface area (Å²) in [6.07, 6.45) is 0. The Morgan fingerprint density at radius 1 is 1.03 bits per heavy atom. The maximum absolute atomic E-state index is 14.0. The van der Waals surface area contributed by atoms with Crippen LogP contribution in [0.3, 0.4) is 0 Å². The first-order valence-corrected chi connectivity index (χ1v) is 11.0. The number of methoxy groups -OCH3 is 1. The highest BCUT2D eigenvalue weighted by atomic mass is 79.9. The van der Waals surface area contributed by atoms with Crippen LogP contribution in [0.15, 0.2) is 65.1 Å². The molecule has 7 heteroatoms. The van der Waals surface area contributed by atoms with Crippen LogP contribution in [0, 0.1) is 11.7 Å². The van der Waals surface area contributed by atoms with Gasteiger partial charge in [-0.3, -0.25) is 4.79 Å². The van der Waals surface area contributed by atoms with Gasteiger partial charge in [-0.1, -0.05) is 48.0 Å². The average molecular weight is 501 g/mol. The summed E-state index contributed by atoms with van der Waals surface area (Å²) < 4.78 is 26.3. The molecule has 0 saturated heterocycles. The molecule has 0 spiro atoms. The van der Waals surface area contributed by atoms with Gasteiger partial charge >= 0.3 is 0 Å². The van der Waals surface area contributed by atoms with Crippen molar-refractivity contribution < 1.29 is 18.7 Å². The van der Waals surface area contributed by atoms with Gasteiger partial charge in [-0.2, -0.15) is 0 Å². The van der Waals surface area contributed by atoms with Gasteiger partial charge in [0, 0.05) is 39.4 Å². The lowest BCUT2D eigenvalue weighted by Gasteiger charge is -2.18. The van der Waals surface area contributed by atoms with Crippen LogP contribution in [0.1, 0.15) is 25.0 Å². The summed E-state index contributed by atoms with van der Waals surface area (Å²) in [5.74, 6) is 0.681. The van der Waals surface area contributed by atoms with Crippen LogP contribution in [0.4, 0.5) is 15.8 Å². The van der Waals surface area contributed by atoms with Crippen LogP contribution in [-0.4, -0.2) is 13.0 Å². The Morgan fingerprint density at radius 3 is 2.38 bits per heavy atom. The van der Waals surface area contributed by atoms with Crippen LogP contribution in [0.2, 0.25) is 0 Å². The molecule has 3 aromatic rings. The molecular weight excluding hydrogens is 475 g/mol. The maximum Gasteiger partial charge on any atom is 0.226 e. The zero-order valence-electron chi connectivity index (χ0n) is 18.2. The summed E-state index contributed by atoms with van der Waals surface area (Å²) in [6.45, 7) is 4.23. The molecule has 0 aliphatic heterocycles. The first-order valence-electron chi connectivity index (χ1n) is 10.3. The molecule has 0 bridgehead atoms. The van der Waals surface area contributed by atoms with E-state index in [0.29, 0.717) is 23.6 Å². The normalized spacial score (nSPS) is 10.7. The van der Waals surface area contributed by atoms with Crippen molar-refractivity contribution in [2.24, 2.45) is 5.92 Å². The molecule has 0 atom stereocenters. The SMILES string of the molecule is COc1ccc(Br)c(CNc2ccc(NC(=O)C(C)C)cc2)c1OCc1ccccc1F. The molecule has 168 valence electrons. The van der Waals surface area contributed by atoms with Gasteiger partial charge in [0.05, 0.1) is 7.11 Å². The second kappa shape index (κ2) is 11.0. The number of carbonyl (C=O) groups is 1. The molecule has 0 saturated carbocycles. The summed E-state index contributed by atoms with van der Waals surface area (Å²) in [4.78, 5) is 11.8. The largest absolute Gasteiger partial charge is 0.493 e. The third-order valence-electron chi connectivity index (χ3n) is 4.86. The van der Waals surface area contributed by atoms with E-state index in [0.717, 1.165) is 21.4 Å². The molecule has 0 unspecified atom stereocenters. The number of halogens is 2. The second-order valence-corrected chi connectivity index (χ2v) is 8.37. The van der Waals surface area contributed by atoms with E-state index in [1.54, 1.807) is 31.4 Å². The number of hydrogen-bond acceptors (Lipinski definition) is 4. The van der Waals surface area contributed by atoms with E-state index in [1.807, 2.05) is 44.2 Å². The zero-order valence-corrected chi connectivity index (χ0v) is 19.8. The smallest absolute Gasteiger partial charge is 0.226 e. The van der Waals surface area contributed by atoms with E-state index in [2.05, 4.69) is 26.6 Å². The highest BCUT2D eigenvalue weighted by Gasteiger charge is 2.16. The Labute approximate surface area is 196 Å². The van der Waals surface area contributed by atoms with E-state index in [1.165, 1.54) is 6.07 Å². The molecule has 0 aromatic heterocycles. The minimum absolute atomic E-state index is 0.0253. The number of amides is 1.